The number of halogens is 1. The van der Waals surface area contributed by atoms with Crippen LogP contribution in [0.1, 0.15) is 34.1 Å². The third kappa shape index (κ3) is 4.62. The minimum absolute atomic E-state index is 0.0388. The molecule has 2 N–H and O–H groups in total. The van der Waals surface area contributed by atoms with Gasteiger partial charge in [-0.2, -0.15) is 0 Å². The number of benzene rings is 2. The van der Waals surface area contributed by atoms with Crippen molar-refractivity contribution in [2.45, 2.75) is 13.3 Å². The summed E-state index contributed by atoms with van der Waals surface area (Å²) >= 11 is 6.11. The van der Waals surface area contributed by atoms with Gasteiger partial charge in [-0.15, -0.1) is 0 Å². The van der Waals surface area contributed by atoms with Crippen molar-refractivity contribution in [1.29, 1.82) is 0 Å². The largest absolute Gasteiger partial charge is 0.505 e. The van der Waals surface area contributed by atoms with Crippen molar-refractivity contribution in [2.75, 3.05) is 20.8 Å². The van der Waals surface area contributed by atoms with E-state index in [0.717, 1.165) is 0 Å². The van der Waals surface area contributed by atoms with E-state index in [4.69, 9.17) is 21.1 Å². The van der Waals surface area contributed by atoms with E-state index in [1.165, 1.54) is 26.4 Å². The third-order valence-corrected chi connectivity index (χ3v) is 5.81. The van der Waals surface area contributed by atoms with Gasteiger partial charge in [0.1, 0.15) is 22.1 Å². The normalized spacial score (nSPS) is 18.0. The maximum Gasteiger partial charge on any atom is 0.181 e. The van der Waals surface area contributed by atoms with Gasteiger partial charge in [-0.25, -0.2) is 0 Å². The SMILES string of the molecule is COc1cc(OC)c(C(=O)[C@H]2C(=O)C=C(NCC(=O)c3ccccc3)C[C@H]2C)c(O)c1Cl. The maximum absolute atomic E-state index is 13.3. The Morgan fingerprint density at radius 1 is 1.16 bits per heavy atom. The molecule has 0 fully saturated rings. The van der Waals surface area contributed by atoms with E-state index in [2.05, 4.69) is 5.32 Å². The van der Waals surface area contributed by atoms with Gasteiger partial charge in [0.2, 0.25) is 0 Å². The summed E-state index contributed by atoms with van der Waals surface area (Å²) in [6, 6.07) is 10.2. The number of rotatable bonds is 8. The second-order valence-electron chi connectivity index (χ2n) is 7.56. The Morgan fingerprint density at radius 3 is 2.41 bits per heavy atom. The molecule has 168 valence electrons. The number of carbonyl (C=O) groups excluding carboxylic acids is 3. The highest BCUT2D eigenvalue weighted by atomic mass is 35.5. The summed E-state index contributed by atoms with van der Waals surface area (Å²) in [5, 5.41) is 13.4. The Balaban J connectivity index is 1.80. The fourth-order valence-corrected chi connectivity index (χ4v) is 4.02. The zero-order valence-electron chi connectivity index (χ0n) is 18.0. The molecule has 0 spiro atoms. The van der Waals surface area contributed by atoms with Gasteiger partial charge in [-0.05, 0) is 12.3 Å². The van der Waals surface area contributed by atoms with Crippen molar-refractivity contribution in [3.05, 3.63) is 64.3 Å². The molecule has 1 aliphatic carbocycles. The number of aromatic hydroxyl groups is 1. The van der Waals surface area contributed by atoms with Crippen molar-refractivity contribution in [2.24, 2.45) is 11.8 Å². The number of methoxy groups -OCH3 is 2. The lowest BCUT2D eigenvalue weighted by Crippen LogP contribution is -2.36. The van der Waals surface area contributed by atoms with E-state index in [1.54, 1.807) is 31.2 Å². The lowest BCUT2D eigenvalue weighted by Gasteiger charge is -2.28. The quantitative estimate of drug-likeness (QED) is 0.458. The molecule has 0 saturated heterocycles. The van der Waals surface area contributed by atoms with Crippen LogP contribution in [0.5, 0.6) is 17.2 Å². The van der Waals surface area contributed by atoms with Gasteiger partial charge in [0.15, 0.2) is 23.1 Å². The van der Waals surface area contributed by atoms with Gasteiger partial charge in [-0.1, -0.05) is 48.9 Å². The molecule has 0 heterocycles. The second kappa shape index (κ2) is 9.87. The Hall–Kier alpha value is -3.32. The first kappa shape index (κ1) is 23.3. The van der Waals surface area contributed by atoms with Crippen LogP contribution in [0.2, 0.25) is 5.02 Å². The van der Waals surface area contributed by atoms with Gasteiger partial charge in [0.05, 0.1) is 26.7 Å². The highest BCUT2D eigenvalue weighted by Crippen LogP contribution is 2.44. The number of nitrogens with one attached hydrogen (secondary N) is 1. The minimum atomic E-state index is -1.02. The predicted molar refractivity (Wildman–Crippen MR) is 120 cm³/mol. The molecule has 0 amide bonds. The number of Topliss-reactive ketones (excluding diaryl/α,β-unsaturated/α-hetero) is 2. The van der Waals surface area contributed by atoms with E-state index in [1.807, 2.05) is 6.07 Å². The zero-order valence-corrected chi connectivity index (χ0v) is 18.7. The Labute approximate surface area is 191 Å². The van der Waals surface area contributed by atoms with Crippen LogP contribution in [0, 0.1) is 11.8 Å². The molecular formula is C24H24ClNO6. The number of allylic oxidation sites excluding steroid dienone is 2. The fourth-order valence-electron chi connectivity index (χ4n) is 3.80. The first-order valence-corrected chi connectivity index (χ1v) is 10.4. The second-order valence-corrected chi connectivity index (χ2v) is 7.93. The van der Waals surface area contributed by atoms with Crippen molar-refractivity contribution >= 4 is 29.0 Å². The molecule has 2 aromatic carbocycles. The zero-order chi connectivity index (χ0) is 23.4. The van der Waals surface area contributed by atoms with E-state index < -0.39 is 23.2 Å². The predicted octanol–water partition coefficient (Wildman–Crippen LogP) is 3.83. The number of hydrogen-bond donors (Lipinski definition) is 2. The molecule has 7 nitrogen and oxygen atoms in total. The van der Waals surface area contributed by atoms with Crippen molar-refractivity contribution in [1.82, 2.24) is 5.32 Å². The minimum Gasteiger partial charge on any atom is -0.505 e. The molecule has 2 aromatic rings. The van der Waals surface area contributed by atoms with Gasteiger partial charge >= 0.3 is 0 Å². The van der Waals surface area contributed by atoms with E-state index in [-0.39, 0.29) is 40.3 Å². The average Bonchev–Trinajstić information content (AvgIpc) is 2.79. The molecule has 0 radical (unpaired) electrons. The molecule has 1 aliphatic rings. The molecule has 0 aromatic heterocycles. The number of phenols is 1. The van der Waals surface area contributed by atoms with Crippen LogP contribution in [0.15, 0.2) is 48.2 Å². The smallest absolute Gasteiger partial charge is 0.181 e. The van der Waals surface area contributed by atoms with Crippen molar-refractivity contribution in [3.63, 3.8) is 0 Å². The van der Waals surface area contributed by atoms with Gasteiger partial charge in [-0.3, -0.25) is 14.4 Å². The monoisotopic (exact) mass is 457 g/mol. The van der Waals surface area contributed by atoms with Crippen LogP contribution in [-0.2, 0) is 4.79 Å². The van der Waals surface area contributed by atoms with E-state index in [0.29, 0.717) is 17.7 Å². The Kier molecular flexibility index (Phi) is 7.20. The van der Waals surface area contributed by atoms with Crippen LogP contribution in [0.3, 0.4) is 0 Å². The van der Waals surface area contributed by atoms with Crippen LogP contribution < -0.4 is 14.8 Å². The number of ether oxygens (including phenoxy) is 2. The molecule has 0 aliphatic heterocycles. The standard InChI is InChI=1S/C24H24ClNO6/c1-13-9-15(26-12-17(28)14-7-5-4-6-8-14)10-16(27)20(13)23(29)21-18(31-2)11-19(32-3)22(25)24(21)30/h4-8,10-11,13,20,26,30H,9,12H2,1-3H3/t13-,20-/m1/s1. The lowest BCUT2D eigenvalue weighted by molar-refractivity contribution is -0.118. The third-order valence-electron chi connectivity index (χ3n) is 5.44. The van der Waals surface area contributed by atoms with Crippen molar-refractivity contribution in [3.8, 4) is 17.2 Å². The topological polar surface area (TPSA) is 102 Å². The summed E-state index contributed by atoms with van der Waals surface area (Å²) in [6.45, 7) is 1.81. The number of hydrogen-bond acceptors (Lipinski definition) is 7. The summed E-state index contributed by atoms with van der Waals surface area (Å²) in [5.74, 6) is -2.78. The summed E-state index contributed by atoms with van der Waals surface area (Å²) in [5.41, 5.74) is 0.995. The van der Waals surface area contributed by atoms with Crippen LogP contribution in [0.25, 0.3) is 0 Å². The van der Waals surface area contributed by atoms with Gasteiger partial charge in [0.25, 0.3) is 0 Å². The van der Waals surface area contributed by atoms with Crippen LogP contribution in [-0.4, -0.2) is 43.2 Å². The molecule has 3 rings (SSSR count). The van der Waals surface area contributed by atoms with E-state index in [9.17, 15) is 19.5 Å². The highest BCUT2D eigenvalue weighted by molar-refractivity contribution is 6.34. The summed E-state index contributed by atoms with van der Waals surface area (Å²) in [6.07, 6.45) is 1.73. The molecular weight excluding hydrogens is 434 g/mol. The number of phenolic OH excluding ortho intramolecular Hbond substituents is 1. The van der Waals surface area contributed by atoms with Gasteiger partial charge < -0.3 is 19.9 Å². The molecule has 0 bridgehead atoms. The fraction of sp³-hybridized carbons (Fsp3) is 0.292. The van der Waals surface area contributed by atoms with Crippen LogP contribution >= 0.6 is 11.6 Å². The summed E-state index contributed by atoms with van der Waals surface area (Å²) in [4.78, 5) is 38.4. The lowest BCUT2D eigenvalue weighted by atomic mass is 9.77. The summed E-state index contributed by atoms with van der Waals surface area (Å²) in [7, 11) is 2.72. The average molecular weight is 458 g/mol. The molecule has 8 heteroatoms. The van der Waals surface area contributed by atoms with Gasteiger partial charge in [0, 0.05) is 23.4 Å². The molecule has 0 unspecified atom stereocenters. The summed E-state index contributed by atoms with van der Waals surface area (Å²) < 4.78 is 10.3. The molecule has 32 heavy (non-hydrogen) atoms. The number of carbonyl (C=O) groups is 3. The van der Waals surface area contributed by atoms with Crippen LogP contribution in [0.4, 0.5) is 0 Å². The van der Waals surface area contributed by atoms with Crippen molar-refractivity contribution < 1.29 is 29.0 Å². The van der Waals surface area contributed by atoms with E-state index >= 15 is 0 Å². The highest BCUT2D eigenvalue weighted by Gasteiger charge is 2.38. The number of ketones is 3. The Bertz CT molecular complexity index is 1080. The maximum atomic E-state index is 13.3. The molecule has 2 atom stereocenters. The Morgan fingerprint density at radius 2 is 1.81 bits per heavy atom. The first-order valence-electron chi connectivity index (χ1n) is 10.0. The first-order chi connectivity index (χ1) is 15.3. The molecule has 0 saturated carbocycles.